The van der Waals surface area contributed by atoms with E-state index in [1.807, 2.05) is 18.2 Å². The SMILES string of the molecule is O=C(Nc1cccc(CCCO)c1)c1ccc(O)c(O)c1. The summed E-state index contributed by atoms with van der Waals surface area (Å²) in [4.78, 5) is 12.1. The number of hydrogen-bond donors (Lipinski definition) is 4. The van der Waals surface area contributed by atoms with Gasteiger partial charge in [-0.3, -0.25) is 4.79 Å². The van der Waals surface area contributed by atoms with Crippen LogP contribution in [0.5, 0.6) is 11.5 Å². The van der Waals surface area contributed by atoms with Crippen molar-refractivity contribution in [2.75, 3.05) is 11.9 Å². The van der Waals surface area contributed by atoms with Crippen molar-refractivity contribution in [3.63, 3.8) is 0 Å². The molecule has 21 heavy (non-hydrogen) atoms. The molecule has 5 heteroatoms. The van der Waals surface area contributed by atoms with Crippen LogP contribution in [0.4, 0.5) is 5.69 Å². The fourth-order valence-corrected chi connectivity index (χ4v) is 1.96. The zero-order chi connectivity index (χ0) is 15.2. The van der Waals surface area contributed by atoms with E-state index in [9.17, 15) is 15.0 Å². The van der Waals surface area contributed by atoms with Gasteiger partial charge in [-0.05, 0) is 48.7 Å². The van der Waals surface area contributed by atoms with E-state index < -0.39 is 0 Å². The van der Waals surface area contributed by atoms with Crippen molar-refractivity contribution in [1.82, 2.24) is 0 Å². The summed E-state index contributed by atoms with van der Waals surface area (Å²) in [6.45, 7) is 0.128. The molecule has 0 aliphatic rings. The van der Waals surface area contributed by atoms with Gasteiger partial charge in [-0.2, -0.15) is 0 Å². The highest BCUT2D eigenvalue weighted by Gasteiger charge is 2.09. The van der Waals surface area contributed by atoms with Crippen molar-refractivity contribution >= 4 is 11.6 Å². The first-order valence-electron chi connectivity index (χ1n) is 6.63. The third-order valence-electron chi connectivity index (χ3n) is 3.05. The van der Waals surface area contributed by atoms with E-state index in [1.54, 1.807) is 6.07 Å². The Bertz CT molecular complexity index is 640. The molecule has 2 aromatic carbocycles. The quantitative estimate of drug-likeness (QED) is 0.635. The Labute approximate surface area is 122 Å². The second-order valence-electron chi connectivity index (χ2n) is 4.69. The number of anilines is 1. The summed E-state index contributed by atoms with van der Waals surface area (Å²) in [6.07, 6.45) is 1.41. The van der Waals surface area contributed by atoms with Crippen molar-refractivity contribution in [1.29, 1.82) is 0 Å². The molecule has 0 spiro atoms. The summed E-state index contributed by atoms with van der Waals surface area (Å²) in [6, 6.07) is 11.3. The van der Waals surface area contributed by atoms with Crippen LogP contribution in [0, 0.1) is 0 Å². The third-order valence-corrected chi connectivity index (χ3v) is 3.05. The second-order valence-corrected chi connectivity index (χ2v) is 4.69. The molecule has 2 aromatic rings. The van der Waals surface area contributed by atoms with Gasteiger partial charge in [0, 0.05) is 17.9 Å². The highest BCUT2D eigenvalue weighted by molar-refractivity contribution is 6.04. The highest BCUT2D eigenvalue weighted by Crippen LogP contribution is 2.25. The van der Waals surface area contributed by atoms with E-state index in [4.69, 9.17) is 5.11 Å². The molecule has 0 saturated heterocycles. The zero-order valence-corrected chi connectivity index (χ0v) is 11.4. The van der Waals surface area contributed by atoms with Crippen LogP contribution in [0.15, 0.2) is 42.5 Å². The minimum atomic E-state index is -0.371. The molecule has 0 aliphatic heterocycles. The van der Waals surface area contributed by atoms with E-state index >= 15 is 0 Å². The fraction of sp³-hybridized carbons (Fsp3) is 0.188. The topological polar surface area (TPSA) is 89.8 Å². The highest BCUT2D eigenvalue weighted by atomic mass is 16.3. The number of amides is 1. The number of aliphatic hydroxyl groups is 1. The number of rotatable bonds is 5. The van der Waals surface area contributed by atoms with Gasteiger partial charge in [0.1, 0.15) is 0 Å². The van der Waals surface area contributed by atoms with Gasteiger partial charge in [-0.15, -0.1) is 0 Å². The molecular weight excluding hydrogens is 270 g/mol. The smallest absolute Gasteiger partial charge is 0.255 e. The molecule has 0 bridgehead atoms. The zero-order valence-electron chi connectivity index (χ0n) is 11.4. The number of hydrogen-bond acceptors (Lipinski definition) is 4. The van der Waals surface area contributed by atoms with Gasteiger partial charge in [0.05, 0.1) is 0 Å². The van der Waals surface area contributed by atoms with Crippen molar-refractivity contribution in [2.45, 2.75) is 12.8 Å². The lowest BCUT2D eigenvalue weighted by Crippen LogP contribution is -2.11. The predicted molar refractivity (Wildman–Crippen MR) is 79.6 cm³/mol. The molecule has 2 rings (SSSR count). The summed E-state index contributed by atoms with van der Waals surface area (Å²) >= 11 is 0. The van der Waals surface area contributed by atoms with Crippen LogP contribution in [0.1, 0.15) is 22.3 Å². The Morgan fingerprint density at radius 3 is 2.57 bits per heavy atom. The fourth-order valence-electron chi connectivity index (χ4n) is 1.96. The molecule has 110 valence electrons. The summed E-state index contributed by atoms with van der Waals surface area (Å²) in [5, 5.41) is 30.2. The number of phenolic OH excluding ortho intramolecular Hbond substituents is 2. The van der Waals surface area contributed by atoms with Gasteiger partial charge in [0.15, 0.2) is 11.5 Å². The molecule has 0 unspecified atom stereocenters. The summed E-state index contributed by atoms with van der Waals surface area (Å²) in [5.74, 6) is -0.971. The minimum Gasteiger partial charge on any atom is -0.504 e. The lowest BCUT2D eigenvalue weighted by molar-refractivity contribution is 0.102. The first kappa shape index (κ1) is 14.9. The number of aromatic hydroxyl groups is 2. The van der Waals surface area contributed by atoms with Gasteiger partial charge in [-0.25, -0.2) is 0 Å². The first-order chi connectivity index (χ1) is 10.1. The van der Waals surface area contributed by atoms with Crippen molar-refractivity contribution in [3.8, 4) is 11.5 Å². The van der Waals surface area contributed by atoms with Gasteiger partial charge in [-0.1, -0.05) is 12.1 Å². The van der Waals surface area contributed by atoms with E-state index in [2.05, 4.69) is 5.32 Å². The minimum absolute atomic E-state index is 0.128. The molecule has 0 saturated carbocycles. The van der Waals surface area contributed by atoms with E-state index in [0.717, 1.165) is 12.0 Å². The maximum Gasteiger partial charge on any atom is 0.255 e. The maximum absolute atomic E-state index is 12.1. The summed E-state index contributed by atoms with van der Waals surface area (Å²) in [5.41, 5.74) is 1.92. The standard InChI is InChI=1S/C16H17NO4/c18-8-2-4-11-3-1-5-13(9-11)17-16(21)12-6-7-14(19)15(20)10-12/h1,3,5-7,9-10,18-20H,2,4,8H2,(H,17,21). The largest absolute Gasteiger partial charge is 0.504 e. The lowest BCUT2D eigenvalue weighted by atomic mass is 10.1. The molecular formula is C16H17NO4. The van der Waals surface area contributed by atoms with Crippen LogP contribution < -0.4 is 5.32 Å². The van der Waals surface area contributed by atoms with E-state index in [-0.39, 0.29) is 29.6 Å². The van der Waals surface area contributed by atoms with E-state index in [0.29, 0.717) is 12.1 Å². The number of carbonyl (C=O) groups is 1. The third kappa shape index (κ3) is 3.97. The molecule has 0 heterocycles. The number of phenols is 2. The van der Waals surface area contributed by atoms with Crippen LogP contribution >= 0.6 is 0 Å². The molecule has 0 fully saturated rings. The van der Waals surface area contributed by atoms with Crippen molar-refractivity contribution in [3.05, 3.63) is 53.6 Å². The molecule has 1 amide bonds. The van der Waals surface area contributed by atoms with Crippen molar-refractivity contribution in [2.24, 2.45) is 0 Å². The van der Waals surface area contributed by atoms with Gasteiger partial charge in [0.25, 0.3) is 5.91 Å². The molecule has 5 nitrogen and oxygen atoms in total. The number of aryl methyl sites for hydroxylation is 1. The predicted octanol–water partition coefficient (Wildman–Crippen LogP) is 2.28. The molecule has 4 N–H and O–H groups in total. The monoisotopic (exact) mass is 287 g/mol. The Morgan fingerprint density at radius 2 is 1.86 bits per heavy atom. The van der Waals surface area contributed by atoms with Crippen molar-refractivity contribution < 1.29 is 20.1 Å². The van der Waals surface area contributed by atoms with Crippen LogP contribution in [-0.2, 0) is 6.42 Å². The van der Waals surface area contributed by atoms with Gasteiger partial charge >= 0.3 is 0 Å². The Morgan fingerprint density at radius 1 is 1.05 bits per heavy atom. The summed E-state index contributed by atoms with van der Waals surface area (Å²) in [7, 11) is 0. The number of benzene rings is 2. The van der Waals surface area contributed by atoms with Crippen LogP contribution in [0.2, 0.25) is 0 Å². The van der Waals surface area contributed by atoms with Crippen LogP contribution in [0.3, 0.4) is 0 Å². The Balaban J connectivity index is 2.10. The maximum atomic E-state index is 12.1. The average Bonchev–Trinajstić information content (AvgIpc) is 2.48. The second kappa shape index (κ2) is 6.76. The van der Waals surface area contributed by atoms with Gasteiger partial charge < -0.3 is 20.6 Å². The number of aliphatic hydroxyl groups excluding tert-OH is 1. The molecule has 0 radical (unpaired) electrons. The first-order valence-corrected chi connectivity index (χ1v) is 6.63. The van der Waals surface area contributed by atoms with Gasteiger partial charge in [0.2, 0.25) is 0 Å². The number of carbonyl (C=O) groups excluding carboxylic acids is 1. The molecule has 0 aromatic heterocycles. The normalized spacial score (nSPS) is 10.3. The number of nitrogens with one attached hydrogen (secondary N) is 1. The Hall–Kier alpha value is -2.53. The average molecular weight is 287 g/mol. The molecule has 0 aliphatic carbocycles. The Kier molecular flexibility index (Phi) is 4.79. The van der Waals surface area contributed by atoms with Crippen LogP contribution in [0.25, 0.3) is 0 Å². The summed E-state index contributed by atoms with van der Waals surface area (Å²) < 4.78 is 0. The lowest BCUT2D eigenvalue weighted by Gasteiger charge is -2.08. The molecule has 0 atom stereocenters. The van der Waals surface area contributed by atoms with Crippen LogP contribution in [-0.4, -0.2) is 27.8 Å². The van der Waals surface area contributed by atoms with E-state index in [1.165, 1.54) is 18.2 Å².